The van der Waals surface area contributed by atoms with E-state index in [1.165, 1.54) is 11.5 Å². The molecular weight excluding hydrogens is 528 g/mol. The van der Waals surface area contributed by atoms with Crippen molar-refractivity contribution >= 4 is 38.7 Å². The van der Waals surface area contributed by atoms with Crippen molar-refractivity contribution in [3.8, 4) is 11.8 Å². The third-order valence-corrected chi connectivity index (χ3v) is 6.80. The van der Waals surface area contributed by atoms with Gasteiger partial charge in [0.1, 0.15) is 21.1 Å². The summed E-state index contributed by atoms with van der Waals surface area (Å²) in [5, 5.41) is 2.75. The molecule has 0 aliphatic heterocycles. The predicted molar refractivity (Wildman–Crippen MR) is 145 cm³/mol. The maximum absolute atomic E-state index is 13.0. The molecule has 0 radical (unpaired) electrons. The van der Waals surface area contributed by atoms with Gasteiger partial charge in [-0.15, -0.1) is 0 Å². The van der Waals surface area contributed by atoms with Crippen molar-refractivity contribution in [1.82, 2.24) is 24.8 Å². The van der Waals surface area contributed by atoms with E-state index in [1.54, 1.807) is 24.3 Å². The Balaban J connectivity index is 1.69. The van der Waals surface area contributed by atoms with Gasteiger partial charge < -0.3 is 25.5 Å². The Kier molecular flexibility index (Phi) is 10.0. The molecular formula is C25H34N6O7S. The number of aryl methyl sites for hydroxylation is 1. The summed E-state index contributed by atoms with van der Waals surface area (Å²) in [7, 11) is -3.47. The van der Waals surface area contributed by atoms with Crippen LogP contribution in [0.15, 0.2) is 29.1 Å². The number of rotatable bonds is 14. The Morgan fingerprint density at radius 3 is 2.69 bits per heavy atom. The SMILES string of the molecule is CCCCOc1nc(N)c2[nH]c(=O)n(CCCC(CS(C)(=O)=O)C(=O)NCc3cccc(OC(C)=O)c3)c2n1. The van der Waals surface area contributed by atoms with Crippen LogP contribution in [0.1, 0.15) is 45.1 Å². The molecule has 14 heteroatoms. The number of unbranched alkanes of at least 4 members (excludes halogenated alkanes) is 1. The molecule has 1 unspecified atom stereocenters. The van der Waals surface area contributed by atoms with E-state index in [4.69, 9.17) is 15.2 Å². The average Bonchev–Trinajstić information content (AvgIpc) is 3.17. The fourth-order valence-electron chi connectivity index (χ4n) is 3.98. The number of benzene rings is 1. The number of aromatic nitrogens is 4. The molecule has 0 saturated heterocycles. The van der Waals surface area contributed by atoms with Crippen LogP contribution in [0, 0.1) is 5.92 Å². The fourth-order valence-corrected chi connectivity index (χ4v) is 5.03. The first kappa shape index (κ1) is 29.6. The Hall–Kier alpha value is -3.94. The summed E-state index contributed by atoms with van der Waals surface area (Å²) in [6.07, 6.45) is 3.32. The van der Waals surface area contributed by atoms with Gasteiger partial charge in [0.25, 0.3) is 0 Å². The van der Waals surface area contributed by atoms with Gasteiger partial charge in [0, 0.05) is 26.3 Å². The number of anilines is 1. The van der Waals surface area contributed by atoms with Crippen molar-refractivity contribution in [3.05, 3.63) is 40.3 Å². The van der Waals surface area contributed by atoms with Gasteiger partial charge >= 0.3 is 17.7 Å². The lowest BCUT2D eigenvalue weighted by molar-refractivity contribution is -0.132. The fraction of sp³-hybridized carbons (Fsp3) is 0.480. The van der Waals surface area contributed by atoms with Crippen molar-refractivity contribution < 1.29 is 27.5 Å². The molecule has 1 aromatic carbocycles. The van der Waals surface area contributed by atoms with Gasteiger partial charge in [-0.3, -0.25) is 14.2 Å². The molecule has 212 valence electrons. The molecule has 3 rings (SSSR count). The summed E-state index contributed by atoms with van der Waals surface area (Å²) in [6.45, 7) is 4.00. The monoisotopic (exact) mass is 562 g/mol. The van der Waals surface area contributed by atoms with Gasteiger partial charge in [0.2, 0.25) is 5.91 Å². The number of ether oxygens (including phenoxy) is 2. The number of sulfone groups is 1. The molecule has 0 spiro atoms. The van der Waals surface area contributed by atoms with E-state index in [9.17, 15) is 22.8 Å². The summed E-state index contributed by atoms with van der Waals surface area (Å²) in [6, 6.07) is 6.72. The number of fused-ring (bicyclic) bond motifs is 1. The lowest BCUT2D eigenvalue weighted by Crippen LogP contribution is -2.34. The second-order valence-corrected chi connectivity index (χ2v) is 11.4. The van der Waals surface area contributed by atoms with Crippen molar-refractivity contribution in [3.63, 3.8) is 0 Å². The Bertz CT molecular complexity index is 1480. The van der Waals surface area contributed by atoms with Crippen LogP contribution < -0.4 is 26.2 Å². The van der Waals surface area contributed by atoms with E-state index in [0.717, 1.165) is 19.1 Å². The number of nitrogen functional groups attached to an aromatic ring is 1. The number of carbonyl (C=O) groups excluding carboxylic acids is 2. The van der Waals surface area contributed by atoms with Crippen LogP contribution in [-0.2, 0) is 32.5 Å². The lowest BCUT2D eigenvalue weighted by atomic mass is 10.0. The molecule has 0 aliphatic rings. The molecule has 0 fully saturated rings. The third-order valence-electron chi connectivity index (χ3n) is 5.79. The zero-order valence-corrected chi connectivity index (χ0v) is 23.0. The molecule has 0 aliphatic carbocycles. The number of amides is 1. The Morgan fingerprint density at radius 2 is 2.00 bits per heavy atom. The minimum Gasteiger partial charge on any atom is -0.463 e. The van der Waals surface area contributed by atoms with Crippen LogP contribution in [0.3, 0.4) is 0 Å². The highest BCUT2D eigenvalue weighted by Crippen LogP contribution is 2.19. The van der Waals surface area contributed by atoms with E-state index in [2.05, 4.69) is 20.3 Å². The lowest BCUT2D eigenvalue weighted by Gasteiger charge is -2.16. The molecule has 0 bridgehead atoms. The number of hydrogen-bond acceptors (Lipinski definition) is 10. The van der Waals surface area contributed by atoms with Gasteiger partial charge in [-0.1, -0.05) is 25.5 Å². The van der Waals surface area contributed by atoms with Crippen LogP contribution in [-0.4, -0.2) is 58.4 Å². The molecule has 4 N–H and O–H groups in total. The van der Waals surface area contributed by atoms with Crippen molar-refractivity contribution in [2.24, 2.45) is 5.92 Å². The molecule has 39 heavy (non-hydrogen) atoms. The smallest absolute Gasteiger partial charge is 0.327 e. The number of nitrogens with zero attached hydrogens (tertiary/aromatic N) is 3. The first-order valence-electron chi connectivity index (χ1n) is 12.6. The van der Waals surface area contributed by atoms with Crippen molar-refractivity contribution in [2.45, 2.75) is 52.6 Å². The summed E-state index contributed by atoms with van der Waals surface area (Å²) in [4.78, 5) is 47.8. The highest BCUT2D eigenvalue weighted by molar-refractivity contribution is 7.90. The van der Waals surface area contributed by atoms with E-state index >= 15 is 0 Å². The highest BCUT2D eigenvalue weighted by Gasteiger charge is 2.23. The molecule has 0 saturated carbocycles. The van der Waals surface area contributed by atoms with E-state index in [0.29, 0.717) is 24.3 Å². The van der Waals surface area contributed by atoms with Crippen molar-refractivity contribution in [1.29, 1.82) is 0 Å². The number of nitrogens with one attached hydrogen (secondary N) is 2. The van der Waals surface area contributed by atoms with Crippen LogP contribution in [0.5, 0.6) is 11.8 Å². The number of carbonyl (C=O) groups is 2. The van der Waals surface area contributed by atoms with Gasteiger partial charge in [-0.05, 0) is 37.0 Å². The minimum atomic E-state index is -3.47. The number of esters is 1. The van der Waals surface area contributed by atoms with Crippen LogP contribution in [0.2, 0.25) is 0 Å². The maximum atomic E-state index is 13.0. The first-order chi connectivity index (χ1) is 18.5. The number of nitrogens with two attached hydrogens (primary N) is 1. The summed E-state index contributed by atoms with van der Waals surface area (Å²) < 4.78 is 36.0. The zero-order valence-electron chi connectivity index (χ0n) is 22.2. The van der Waals surface area contributed by atoms with E-state index in [1.807, 2.05) is 6.92 Å². The zero-order chi connectivity index (χ0) is 28.6. The molecule has 2 aromatic heterocycles. The third kappa shape index (κ3) is 8.80. The minimum absolute atomic E-state index is 0.0632. The van der Waals surface area contributed by atoms with Gasteiger partial charge in [-0.2, -0.15) is 9.97 Å². The molecule has 1 atom stereocenters. The Morgan fingerprint density at radius 1 is 1.23 bits per heavy atom. The van der Waals surface area contributed by atoms with Gasteiger partial charge in [-0.25, -0.2) is 13.2 Å². The molecule has 2 heterocycles. The van der Waals surface area contributed by atoms with Gasteiger partial charge in [0.15, 0.2) is 11.5 Å². The summed E-state index contributed by atoms with van der Waals surface area (Å²) >= 11 is 0. The number of imidazole rings is 1. The second-order valence-electron chi connectivity index (χ2n) is 9.26. The quantitative estimate of drug-likeness (QED) is 0.148. The van der Waals surface area contributed by atoms with E-state index < -0.39 is 33.3 Å². The van der Waals surface area contributed by atoms with Crippen LogP contribution in [0.4, 0.5) is 5.82 Å². The van der Waals surface area contributed by atoms with Gasteiger partial charge in [0.05, 0.1) is 18.3 Å². The van der Waals surface area contributed by atoms with Crippen LogP contribution >= 0.6 is 0 Å². The average molecular weight is 563 g/mol. The summed E-state index contributed by atoms with van der Waals surface area (Å²) in [5.41, 5.74) is 6.77. The first-order valence-corrected chi connectivity index (χ1v) is 14.6. The predicted octanol–water partition coefficient (Wildman–Crippen LogP) is 1.56. The summed E-state index contributed by atoms with van der Waals surface area (Å²) in [5.74, 6) is -1.68. The normalized spacial score (nSPS) is 12.3. The number of aromatic amines is 1. The highest BCUT2D eigenvalue weighted by atomic mass is 32.2. The number of H-pyrrole nitrogens is 1. The Labute approximate surface area is 226 Å². The molecule has 13 nitrogen and oxygen atoms in total. The van der Waals surface area contributed by atoms with Crippen LogP contribution in [0.25, 0.3) is 11.2 Å². The maximum Gasteiger partial charge on any atom is 0.327 e. The van der Waals surface area contributed by atoms with Crippen molar-refractivity contribution in [2.75, 3.05) is 24.3 Å². The second kappa shape index (κ2) is 13.2. The molecule has 3 aromatic rings. The topological polar surface area (TPSA) is 188 Å². The largest absolute Gasteiger partial charge is 0.463 e. The standard InChI is InChI=1S/C25H34N6O7S/c1-4-5-12-37-24-29-21(26)20-22(30-24)31(25(34)28-20)11-7-9-18(15-39(3,35)36)23(33)27-14-17-8-6-10-19(13-17)38-16(2)32/h6,8,10,13,18H,4-5,7,9,11-12,14-15H2,1-3H3,(H,27,33)(H,28,34)(H2,26,29,30). The molecule has 1 amide bonds. The van der Waals surface area contributed by atoms with E-state index in [-0.39, 0.29) is 48.3 Å². The number of hydrogen-bond donors (Lipinski definition) is 3.